The molecular formula is C18H25N3O2. The summed E-state index contributed by atoms with van der Waals surface area (Å²) in [5.74, 6) is -0.805. The summed E-state index contributed by atoms with van der Waals surface area (Å²) in [5, 5.41) is 2.78. The van der Waals surface area contributed by atoms with Crippen molar-refractivity contribution in [3.63, 3.8) is 0 Å². The van der Waals surface area contributed by atoms with E-state index in [9.17, 15) is 9.59 Å². The van der Waals surface area contributed by atoms with Gasteiger partial charge in [0.25, 0.3) is 0 Å². The van der Waals surface area contributed by atoms with Gasteiger partial charge in [0.1, 0.15) is 0 Å². The second kappa shape index (κ2) is 7.13. The standard InChI is InChI=1S/C18H25N3O2/c1-2-16(14-6-4-3-5-7-14)20-10-12-21(13-11-20)18(23)17(22)19-15-8-9-15/h3-7,15-16H,2,8-13H2,1H3,(H,19,22). The number of carbonyl (C=O) groups is 2. The van der Waals surface area contributed by atoms with Crippen LogP contribution in [0.1, 0.15) is 37.8 Å². The van der Waals surface area contributed by atoms with Crippen LogP contribution in [-0.2, 0) is 9.59 Å². The van der Waals surface area contributed by atoms with Crippen molar-refractivity contribution in [2.24, 2.45) is 0 Å². The van der Waals surface area contributed by atoms with Gasteiger partial charge in [-0.3, -0.25) is 14.5 Å². The Balaban J connectivity index is 1.54. The quantitative estimate of drug-likeness (QED) is 0.858. The van der Waals surface area contributed by atoms with Gasteiger partial charge in [0.2, 0.25) is 0 Å². The Morgan fingerprint density at radius 3 is 2.35 bits per heavy atom. The molecule has 0 bridgehead atoms. The van der Waals surface area contributed by atoms with E-state index in [4.69, 9.17) is 0 Å². The molecule has 1 saturated carbocycles. The summed E-state index contributed by atoms with van der Waals surface area (Å²) >= 11 is 0. The zero-order chi connectivity index (χ0) is 16.2. The highest BCUT2D eigenvalue weighted by Crippen LogP contribution is 2.25. The number of nitrogens with zero attached hydrogens (tertiary/aromatic N) is 2. The number of nitrogens with one attached hydrogen (secondary N) is 1. The molecule has 0 aromatic heterocycles. The largest absolute Gasteiger partial charge is 0.345 e. The maximum Gasteiger partial charge on any atom is 0.311 e. The normalized spacial score (nSPS) is 20.1. The predicted molar refractivity (Wildman–Crippen MR) is 88.8 cm³/mol. The molecule has 1 heterocycles. The van der Waals surface area contributed by atoms with E-state index in [-0.39, 0.29) is 11.9 Å². The van der Waals surface area contributed by atoms with E-state index in [0.29, 0.717) is 19.1 Å². The monoisotopic (exact) mass is 315 g/mol. The highest BCUT2D eigenvalue weighted by Gasteiger charge is 2.31. The summed E-state index contributed by atoms with van der Waals surface area (Å²) in [5.41, 5.74) is 1.32. The van der Waals surface area contributed by atoms with E-state index < -0.39 is 5.91 Å². The second-order valence-corrected chi connectivity index (χ2v) is 6.41. The van der Waals surface area contributed by atoms with Crippen LogP contribution in [0.2, 0.25) is 0 Å². The first kappa shape index (κ1) is 16.0. The van der Waals surface area contributed by atoms with Crippen LogP contribution in [0, 0.1) is 0 Å². The maximum atomic E-state index is 12.2. The smallest absolute Gasteiger partial charge is 0.311 e. The van der Waals surface area contributed by atoms with Gasteiger partial charge in [-0.15, -0.1) is 0 Å². The molecule has 0 radical (unpaired) electrons. The molecule has 1 aliphatic carbocycles. The van der Waals surface area contributed by atoms with E-state index in [0.717, 1.165) is 32.4 Å². The average Bonchev–Trinajstić information content (AvgIpc) is 3.40. The summed E-state index contributed by atoms with van der Waals surface area (Å²) in [6.07, 6.45) is 3.05. The first-order chi connectivity index (χ1) is 11.2. The fourth-order valence-electron chi connectivity index (χ4n) is 3.24. The van der Waals surface area contributed by atoms with Crippen LogP contribution in [0.5, 0.6) is 0 Å². The Morgan fingerprint density at radius 2 is 1.78 bits per heavy atom. The Kier molecular flexibility index (Phi) is 4.96. The van der Waals surface area contributed by atoms with Crippen molar-refractivity contribution in [3.8, 4) is 0 Å². The molecule has 1 atom stereocenters. The molecule has 2 aliphatic rings. The fraction of sp³-hybridized carbons (Fsp3) is 0.556. The van der Waals surface area contributed by atoms with Crippen molar-refractivity contribution < 1.29 is 9.59 Å². The summed E-state index contributed by atoms with van der Waals surface area (Å²) in [7, 11) is 0. The van der Waals surface area contributed by atoms with Crippen LogP contribution in [0.15, 0.2) is 30.3 Å². The van der Waals surface area contributed by atoms with Crippen LogP contribution < -0.4 is 5.32 Å². The van der Waals surface area contributed by atoms with Crippen molar-refractivity contribution in [2.75, 3.05) is 26.2 Å². The van der Waals surface area contributed by atoms with Crippen LogP contribution in [0.25, 0.3) is 0 Å². The highest BCUT2D eigenvalue weighted by molar-refractivity contribution is 6.35. The maximum absolute atomic E-state index is 12.2. The van der Waals surface area contributed by atoms with Gasteiger partial charge >= 0.3 is 11.8 Å². The SMILES string of the molecule is CCC(c1ccccc1)N1CCN(C(=O)C(=O)NC2CC2)CC1. The number of carbonyl (C=O) groups excluding carboxylic acids is 2. The van der Waals surface area contributed by atoms with Crippen molar-refractivity contribution in [3.05, 3.63) is 35.9 Å². The molecule has 2 amide bonds. The van der Waals surface area contributed by atoms with Crippen LogP contribution in [-0.4, -0.2) is 53.8 Å². The molecule has 1 aromatic rings. The Labute approximate surface area is 137 Å². The molecule has 1 N–H and O–H groups in total. The first-order valence-electron chi connectivity index (χ1n) is 8.57. The molecule has 23 heavy (non-hydrogen) atoms. The molecule has 5 heteroatoms. The highest BCUT2D eigenvalue weighted by atomic mass is 16.2. The van der Waals surface area contributed by atoms with Gasteiger partial charge < -0.3 is 10.2 Å². The Hall–Kier alpha value is -1.88. The lowest BCUT2D eigenvalue weighted by Gasteiger charge is -2.39. The summed E-state index contributed by atoms with van der Waals surface area (Å²) in [6.45, 7) is 5.07. The third-order valence-corrected chi connectivity index (χ3v) is 4.72. The van der Waals surface area contributed by atoms with E-state index in [2.05, 4.69) is 41.4 Å². The fourth-order valence-corrected chi connectivity index (χ4v) is 3.24. The second-order valence-electron chi connectivity index (χ2n) is 6.41. The van der Waals surface area contributed by atoms with Crippen molar-refractivity contribution in [1.82, 2.24) is 15.1 Å². The zero-order valence-electron chi connectivity index (χ0n) is 13.7. The lowest BCUT2D eigenvalue weighted by Crippen LogP contribution is -2.53. The Morgan fingerprint density at radius 1 is 1.13 bits per heavy atom. The van der Waals surface area contributed by atoms with Gasteiger partial charge in [0.05, 0.1) is 0 Å². The Bertz CT molecular complexity index is 549. The van der Waals surface area contributed by atoms with E-state index in [1.165, 1.54) is 5.56 Å². The molecular weight excluding hydrogens is 290 g/mol. The van der Waals surface area contributed by atoms with Gasteiger partial charge in [-0.05, 0) is 24.8 Å². The van der Waals surface area contributed by atoms with Crippen LogP contribution >= 0.6 is 0 Å². The topological polar surface area (TPSA) is 52.7 Å². The number of rotatable bonds is 4. The third kappa shape index (κ3) is 3.91. The molecule has 1 aromatic carbocycles. The van der Waals surface area contributed by atoms with E-state index in [1.807, 2.05) is 6.07 Å². The van der Waals surface area contributed by atoms with Gasteiger partial charge in [0, 0.05) is 38.3 Å². The van der Waals surface area contributed by atoms with Gasteiger partial charge in [-0.1, -0.05) is 37.3 Å². The minimum Gasteiger partial charge on any atom is -0.345 e. The summed E-state index contributed by atoms with van der Waals surface area (Å²) in [4.78, 5) is 28.1. The number of hydrogen-bond donors (Lipinski definition) is 1. The molecule has 2 fully saturated rings. The number of piperazine rings is 1. The molecule has 0 spiro atoms. The average molecular weight is 315 g/mol. The van der Waals surface area contributed by atoms with Gasteiger partial charge in [-0.25, -0.2) is 0 Å². The lowest BCUT2D eigenvalue weighted by atomic mass is 10.0. The molecule has 1 unspecified atom stereocenters. The molecule has 5 nitrogen and oxygen atoms in total. The minimum atomic E-state index is -0.434. The third-order valence-electron chi connectivity index (χ3n) is 4.72. The zero-order valence-corrected chi connectivity index (χ0v) is 13.7. The molecule has 124 valence electrons. The predicted octanol–water partition coefficient (Wildman–Crippen LogP) is 1.56. The number of benzene rings is 1. The first-order valence-corrected chi connectivity index (χ1v) is 8.57. The molecule has 3 rings (SSSR count). The van der Waals surface area contributed by atoms with Crippen molar-refractivity contribution in [2.45, 2.75) is 38.3 Å². The molecule has 1 saturated heterocycles. The lowest BCUT2D eigenvalue weighted by molar-refractivity contribution is -0.147. The van der Waals surface area contributed by atoms with Gasteiger partial charge in [-0.2, -0.15) is 0 Å². The minimum absolute atomic E-state index is 0.232. The number of amides is 2. The number of hydrogen-bond acceptors (Lipinski definition) is 3. The molecule has 1 aliphatic heterocycles. The van der Waals surface area contributed by atoms with Crippen LogP contribution in [0.4, 0.5) is 0 Å². The summed E-state index contributed by atoms with van der Waals surface area (Å²) < 4.78 is 0. The van der Waals surface area contributed by atoms with Gasteiger partial charge in [0.15, 0.2) is 0 Å². The van der Waals surface area contributed by atoms with Crippen molar-refractivity contribution >= 4 is 11.8 Å². The van der Waals surface area contributed by atoms with Crippen LogP contribution in [0.3, 0.4) is 0 Å². The van der Waals surface area contributed by atoms with Crippen molar-refractivity contribution in [1.29, 1.82) is 0 Å². The summed E-state index contributed by atoms with van der Waals surface area (Å²) in [6, 6.07) is 11.1. The van der Waals surface area contributed by atoms with E-state index >= 15 is 0 Å². The van der Waals surface area contributed by atoms with E-state index in [1.54, 1.807) is 4.90 Å².